The first-order chi connectivity index (χ1) is 14.9. The first-order valence-electron chi connectivity index (χ1n) is 10.4. The standard InChI is InChI=1S/C24H25N5O2/c1-16-10-20-21(11-17(16)2)27-22-8-7-19(14-29(22)24(20)31)23(30)26-9-5-4-6-18-12-25-15-28(3)13-18/h7-8,10-15H,4-6,9H2,1-3H3/p+1. The van der Waals surface area contributed by atoms with Gasteiger partial charge in [0.15, 0.2) is 0 Å². The highest BCUT2D eigenvalue weighted by Crippen LogP contribution is 2.16. The maximum absolute atomic E-state index is 13.0. The Morgan fingerprint density at radius 1 is 1.16 bits per heavy atom. The molecule has 0 aliphatic heterocycles. The maximum Gasteiger partial charge on any atom is 0.285 e. The number of unbranched alkanes of at least 4 members (excludes halogenated alkanes) is 1. The summed E-state index contributed by atoms with van der Waals surface area (Å²) >= 11 is 0. The van der Waals surface area contributed by atoms with Gasteiger partial charge in [-0.25, -0.2) is 9.55 Å². The van der Waals surface area contributed by atoms with Crippen molar-refractivity contribution < 1.29 is 9.36 Å². The number of carbonyl (C=O) groups excluding carboxylic acids is 1. The van der Waals surface area contributed by atoms with E-state index in [0.29, 0.717) is 28.7 Å². The van der Waals surface area contributed by atoms with Crippen molar-refractivity contribution in [3.05, 3.63) is 81.8 Å². The summed E-state index contributed by atoms with van der Waals surface area (Å²) in [7, 11) is 1.95. The lowest BCUT2D eigenvalue weighted by atomic mass is 10.1. The van der Waals surface area contributed by atoms with Crippen molar-refractivity contribution in [2.45, 2.75) is 33.1 Å². The normalized spacial score (nSPS) is 11.2. The van der Waals surface area contributed by atoms with E-state index in [9.17, 15) is 9.59 Å². The first-order valence-corrected chi connectivity index (χ1v) is 10.4. The molecule has 7 nitrogen and oxygen atoms in total. The van der Waals surface area contributed by atoms with E-state index in [2.05, 4.69) is 21.5 Å². The summed E-state index contributed by atoms with van der Waals surface area (Å²) in [5.41, 5.74) is 4.79. The van der Waals surface area contributed by atoms with Gasteiger partial charge in [-0.1, -0.05) is 4.98 Å². The van der Waals surface area contributed by atoms with Crippen LogP contribution in [-0.2, 0) is 13.5 Å². The van der Waals surface area contributed by atoms with Crippen LogP contribution in [0.5, 0.6) is 0 Å². The molecule has 1 aromatic carbocycles. The highest BCUT2D eigenvalue weighted by Gasteiger charge is 2.11. The molecular formula is C24H26N5O2+. The van der Waals surface area contributed by atoms with Crippen molar-refractivity contribution in [1.29, 1.82) is 0 Å². The summed E-state index contributed by atoms with van der Waals surface area (Å²) in [6.45, 7) is 4.55. The minimum Gasteiger partial charge on any atom is -0.352 e. The van der Waals surface area contributed by atoms with E-state index in [0.717, 1.165) is 30.4 Å². The molecule has 0 unspecified atom stereocenters. The molecule has 0 aliphatic carbocycles. The van der Waals surface area contributed by atoms with Crippen LogP contribution < -0.4 is 15.4 Å². The molecule has 4 rings (SSSR count). The van der Waals surface area contributed by atoms with Gasteiger partial charge in [0.1, 0.15) is 11.8 Å². The number of amides is 1. The third-order valence-electron chi connectivity index (χ3n) is 5.52. The van der Waals surface area contributed by atoms with Gasteiger partial charge in [-0.3, -0.25) is 14.0 Å². The van der Waals surface area contributed by atoms with Crippen LogP contribution in [0.1, 0.15) is 39.9 Å². The number of rotatable bonds is 6. The van der Waals surface area contributed by atoms with E-state index in [-0.39, 0.29) is 11.5 Å². The summed E-state index contributed by atoms with van der Waals surface area (Å²) in [5.74, 6) is -0.193. The van der Waals surface area contributed by atoms with E-state index in [1.54, 1.807) is 24.7 Å². The lowest BCUT2D eigenvalue weighted by Gasteiger charge is -2.09. The fourth-order valence-corrected chi connectivity index (χ4v) is 3.65. The summed E-state index contributed by atoms with van der Waals surface area (Å²) in [6, 6.07) is 7.21. The van der Waals surface area contributed by atoms with Crippen LogP contribution in [0, 0.1) is 13.8 Å². The Labute approximate surface area is 180 Å². The van der Waals surface area contributed by atoms with Crippen LogP contribution in [0.4, 0.5) is 0 Å². The smallest absolute Gasteiger partial charge is 0.285 e. The zero-order chi connectivity index (χ0) is 22.0. The fraction of sp³-hybridized carbons (Fsp3) is 0.292. The SMILES string of the molecule is Cc1cc2nc3ccc(C(=O)NCCCCc4cnc[n+](C)c4)cn3c(=O)c2cc1C. The van der Waals surface area contributed by atoms with Crippen molar-refractivity contribution in [1.82, 2.24) is 19.7 Å². The molecule has 0 atom stereocenters. The summed E-state index contributed by atoms with van der Waals surface area (Å²) in [4.78, 5) is 34.3. The number of nitrogens with zero attached hydrogens (tertiary/aromatic N) is 4. The molecule has 7 heteroatoms. The molecule has 0 aliphatic rings. The second-order valence-electron chi connectivity index (χ2n) is 7.99. The van der Waals surface area contributed by atoms with Crippen molar-refractivity contribution in [3.63, 3.8) is 0 Å². The Morgan fingerprint density at radius 2 is 1.97 bits per heavy atom. The molecule has 0 saturated heterocycles. The Morgan fingerprint density at radius 3 is 2.77 bits per heavy atom. The number of fused-ring (bicyclic) bond motifs is 2. The van der Waals surface area contributed by atoms with E-state index >= 15 is 0 Å². The number of hydrogen-bond donors (Lipinski definition) is 1. The minimum absolute atomic E-state index is 0.164. The Bertz CT molecular complexity index is 1340. The number of carbonyl (C=O) groups is 1. The number of hydrogen-bond acceptors (Lipinski definition) is 4. The van der Waals surface area contributed by atoms with Gasteiger partial charge < -0.3 is 5.32 Å². The van der Waals surface area contributed by atoms with Gasteiger partial charge in [-0.15, -0.1) is 0 Å². The van der Waals surface area contributed by atoms with E-state index in [1.165, 1.54) is 9.96 Å². The third-order valence-corrected chi connectivity index (χ3v) is 5.52. The van der Waals surface area contributed by atoms with Crippen LogP contribution in [0.25, 0.3) is 16.6 Å². The Kier molecular flexibility index (Phi) is 5.75. The quantitative estimate of drug-likeness (QED) is 0.297. The lowest BCUT2D eigenvalue weighted by molar-refractivity contribution is -0.675. The van der Waals surface area contributed by atoms with Crippen molar-refractivity contribution >= 4 is 22.5 Å². The van der Waals surface area contributed by atoms with Crippen LogP contribution in [0.2, 0.25) is 0 Å². The molecule has 3 aromatic heterocycles. The highest BCUT2D eigenvalue weighted by atomic mass is 16.1. The highest BCUT2D eigenvalue weighted by molar-refractivity contribution is 5.94. The zero-order valence-electron chi connectivity index (χ0n) is 18.1. The second kappa shape index (κ2) is 8.63. The number of benzene rings is 1. The number of nitrogens with one attached hydrogen (secondary N) is 1. The Hall–Kier alpha value is -3.61. The monoisotopic (exact) mass is 416 g/mol. The fourth-order valence-electron chi connectivity index (χ4n) is 3.65. The third kappa shape index (κ3) is 4.45. The van der Waals surface area contributed by atoms with E-state index in [1.807, 2.05) is 43.8 Å². The van der Waals surface area contributed by atoms with Gasteiger partial charge in [0, 0.05) is 18.3 Å². The van der Waals surface area contributed by atoms with Crippen LogP contribution >= 0.6 is 0 Å². The summed E-state index contributed by atoms with van der Waals surface area (Å²) in [5, 5.41) is 3.50. The average Bonchev–Trinajstić information content (AvgIpc) is 2.75. The predicted molar refractivity (Wildman–Crippen MR) is 119 cm³/mol. The molecule has 0 saturated carbocycles. The van der Waals surface area contributed by atoms with Gasteiger partial charge in [-0.2, -0.15) is 0 Å². The van der Waals surface area contributed by atoms with Crippen molar-refractivity contribution in [2.75, 3.05) is 6.54 Å². The van der Waals surface area contributed by atoms with Crippen molar-refractivity contribution in [3.8, 4) is 0 Å². The number of aromatic nitrogens is 4. The lowest BCUT2D eigenvalue weighted by Crippen LogP contribution is -2.28. The van der Waals surface area contributed by atoms with E-state index < -0.39 is 0 Å². The maximum atomic E-state index is 13.0. The van der Waals surface area contributed by atoms with Gasteiger partial charge in [-0.05, 0) is 68.5 Å². The van der Waals surface area contributed by atoms with Gasteiger partial charge in [0.25, 0.3) is 17.8 Å². The predicted octanol–water partition coefficient (Wildman–Crippen LogP) is 2.44. The average molecular weight is 417 g/mol. The molecule has 4 aromatic rings. The molecule has 3 heterocycles. The molecule has 0 radical (unpaired) electrons. The summed E-state index contributed by atoms with van der Waals surface area (Å²) < 4.78 is 3.38. The van der Waals surface area contributed by atoms with Crippen molar-refractivity contribution in [2.24, 2.45) is 7.05 Å². The molecule has 0 fully saturated rings. The number of aryl methyl sites for hydroxylation is 4. The van der Waals surface area contributed by atoms with Crippen LogP contribution in [0.3, 0.4) is 0 Å². The first kappa shape index (κ1) is 20.7. The molecule has 0 bridgehead atoms. The molecule has 1 amide bonds. The van der Waals surface area contributed by atoms with Crippen LogP contribution in [0.15, 0.2) is 54.0 Å². The molecule has 158 valence electrons. The number of pyridine rings is 1. The zero-order valence-corrected chi connectivity index (χ0v) is 18.1. The van der Waals surface area contributed by atoms with Crippen LogP contribution in [-0.4, -0.2) is 26.8 Å². The van der Waals surface area contributed by atoms with Gasteiger partial charge in [0.05, 0.1) is 29.7 Å². The molecular weight excluding hydrogens is 390 g/mol. The molecule has 1 N–H and O–H groups in total. The Balaban J connectivity index is 1.44. The minimum atomic E-state index is -0.193. The molecule has 31 heavy (non-hydrogen) atoms. The topological polar surface area (TPSA) is 80.2 Å². The summed E-state index contributed by atoms with van der Waals surface area (Å²) in [6.07, 6.45) is 10.00. The van der Waals surface area contributed by atoms with E-state index in [4.69, 9.17) is 0 Å². The largest absolute Gasteiger partial charge is 0.352 e. The molecule has 0 spiro atoms. The van der Waals surface area contributed by atoms with Gasteiger partial charge in [0.2, 0.25) is 0 Å². The second-order valence-corrected chi connectivity index (χ2v) is 7.99. The van der Waals surface area contributed by atoms with Gasteiger partial charge >= 0.3 is 0 Å².